The number of nitro groups is 1. The maximum absolute atomic E-state index is 13.5. The average molecular weight is 468 g/mol. The van der Waals surface area contributed by atoms with Crippen LogP contribution < -0.4 is 14.8 Å². The summed E-state index contributed by atoms with van der Waals surface area (Å²) in [6, 6.07) is 9.21. The molecule has 3 aliphatic heterocycles. The fourth-order valence-electron chi connectivity index (χ4n) is 5.96. The third-order valence-electron chi connectivity index (χ3n) is 7.03. The van der Waals surface area contributed by atoms with Crippen molar-refractivity contribution in [1.82, 2.24) is 4.90 Å². The normalized spacial score (nSPS) is 27.7. The molecule has 3 heterocycles. The molecule has 2 aromatic carbocycles. The van der Waals surface area contributed by atoms with Gasteiger partial charge >= 0.3 is 0 Å². The van der Waals surface area contributed by atoms with Crippen LogP contribution in [0.2, 0.25) is 5.02 Å². The predicted octanol–water partition coefficient (Wildman–Crippen LogP) is 3.42. The second-order valence-electron chi connectivity index (χ2n) is 8.45. The van der Waals surface area contributed by atoms with Crippen LogP contribution in [0.1, 0.15) is 29.9 Å². The summed E-state index contributed by atoms with van der Waals surface area (Å²) in [6.07, 6.45) is 6.88. The molecule has 0 aromatic heterocycles. The Labute approximate surface area is 196 Å². The van der Waals surface area contributed by atoms with Gasteiger partial charge in [-0.15, -0.1) is 6.42 Å². The zero-order valence-electron chi connectivity index (χ0n) is 17.9. The topological polar surface area (TPSA) is 93.9 Å². The zero-order valence-corrected chi connectivity index (χ0v) is 18.7. The van der Waals surface area contributed by atoms with E-state index in [1.807, 2.05) is 23.1 Å². The summed E-state index contributed by atoms with van der Waals surface area (Å²) < 4.78 is 11.0. The largest absolute Gasteiger partial charge is 0.493 e. The molecule has 0 bridgehead atoms. The van der Waals surface area contributed by atoms with Gasteiger partial charge in [-0.05, 0) is 36.6 Å². The zero-order chi connectivity index (χ0) is 23.3. The molecule has 0 saturated carbocycles. The first kappa shape index (κ1) is 21.6. The molecule has 5 rings (SSSR count). The number of anilines is 1. The molecule has 0 aliphatic carbocycles. The Morgan fingerprint density at radius 2 is 2.18 bits per heavy atom. The molecule has 1 amide bonds. The van der Waals surface area contributed by atoms with Crippen molar-refractivity contribution in [2.24, 2.45) is 0 Å². The molecule has 1 spiro atoms. The molecule has 9 heteroatoms. The highest BCUT2D eigenvalue weighted by atomic mass is 35.5. The number of fused-ring (bicyclic) bond motifs is 4. The lowest BCUT2D eigenvalue weighted by Crippen LogP contribution is -2.55. The van der Waals surface area contributed by atoms with Crippen LogP contribution in [0.3, 0.4) is 0 Å². The summed E-state index contributed by atoms with van der Waals surface area (Å²) >= 11 is 6.52. The van der Waals surface area contributed by atoms with Crippen LogP contribution in [0.25, 0.3) is 0 Å². The third-order valence-corrected chi connectivity index (χ3v) is 7.31. The Kier molecular flexibility index (Phi) is 5.19. The van der Waals surface area contributed by atoms with E-state index in [0.29, 0.717) is 34.9 Å². The van der Waals surface area contributed by atoms with Gasteiger partial charge in [0.15, 0.2) is 17.0 Å². The number of para-hydroxylation sites is 1. The number of hydrogen-bond acceptors (Lipinski definition) is 6. The number of benzene rings is 2. The molecule has 33 heavy (non-hydrogen) atoms. The van der Waals surface area contributed by atoms with Gasteiger partial charge in [0.1, 0.15) is 6.61 Å². The molecular formula is C24H22ClN3O5. The number of terminal acetylenes is 1. The molecule has 3 aliphatic rings. The first-order chi connectivity index (χ1) is 15.9. The van der Waals surface area contributed by atoms with Crippen LogP contribution in [-0.2, 0) is 10.3 Å². The van der Waals surface area contributed by atoms with Gasteiger partial charge in [0.05, 0.1) is 18.1 Å². The lowest BCUT2D eigenvalue weighted by Gasteiger charge is -2.32. The van der Waals surface area contributed by atoms with Crippen LogP contribution in [0, 0.1) is 22.5 Å². The Balaban J connectivity index is 1.70. The van der Waals surface area contributed by atoms with Crippen LogP contribution >= 0.6 is 11.6 Å². The summed E-state index contributed by atoms with van der Waals surface area (Å²) in [5, 5.41) is 15.8. The minimum absolute atomic E-state index is 0.00679. The summed E-state index contributed by atoms with van der Waals surface area (Å²) in [5.41, 5.74) is 0.523. The summed E-state index contributed by atoms with van der Waals surface area (Å²) in [4.78, 5) is 27.9. The van der Waals surface area contributed by atoms with E-state index in [0.717, 1.165) is 12.8 Å². The van der Waals surface area contributed by atoms with Gasteiger partial charge in [0, 0.05) is 28.8 Å². The summed E-state index contributed by atoms with van der Waals surface area (Å²) in [5.74, 6) is 2.09. The van der Waals surface area contributed by atoms with Crippen molar-refractivity contribution in [2.75, 3.05) is 25.6 Å². The van der Waals surface area contributed by atoms with Gasteiger partial charge in [-0.1, -0.05) is 35.7 Å². The van der Waals surface area contributed by atoms with Gasteiger partial charge in [0.25, 0.3) is 11.9 Å². The number of carbonyl (C=O) groups is 1. The SMILES string of the molecule is C#CCOc1c(Cl)cc([C@H]2[C@H]([N+](=O)[O-])[C@@]3(C(=O)Nc4ccccc43)N3CCC[C@@H]23)cc1OC. The first-order valence-corrected chi connectivity index (χ1v) is 11.1. The molecule has 4 atom stereocenters. The van der Waals surface area contributed by atoms with E-state index in [2.05, 4.69) is 11.2 Å². The smallest absolute Gasteiger partial charge is 0.256 e. The minimum Gasteiger partial charge on any atom is -0.493 e. The Morgan fingerprint density at radius 1 is 1.39 bits per heavy atom. The number of rotatable bonds is 5. The fourth-order valence-corrected chi connectivity index (χ4v) is 6.24. The molecular weight excluding hydrogens is 446 g/mol. The Bertz CT molecular complexity index is 1200. The van der Waals surface area contributed by atoms with Gasteiger partial charge in [0.2, 0.25) is 0 Å². The Morgan fingerprint density at radius 3 is 2.91 bits per heavy atom. The number of halogens is 1. The van der Waals surface area contributed by atoms with Crippen LogP contribution in [0.4, 0.5) is 5.69 Å². The van der Waals surface area contributed by atoms with Crippen molar-refractivity contribution in [3.63, 3.8) is 0 Å². The van der Waals surface area contributed by atoms with Crippen LogP contribution in [0.5, 0.6) is 11.5 Å². The monoisotopic (exact) mass is 467 g/mol. The number of amides is 1. The second-order valence-corrected chi connectivity index (χ2v) is 8.86. The molecule has 1 N–H and O–H groups in total. The van der Waals surface area contributed by atoms with Crippen LogP contribution in [0.15, 0.2) is 36.4 Å². The van der Waals surface area contributed by atoms with E-state index in [1.165, 1.54) is 7.11 Å². The number of ether oxygens (including phenoxy) is 2. The van der Waals surface area contributed by atoms with E-state index in [9.17, 15) is 14.9 Å². The number of carbonyl (C=O) groups excluding carboxylic acids is 1. The highest BCUT2D eigenvalue weighted by Crippen LogP contribution is 2.58. The number of methoxy groups -OCH3 is 1. The standard InChI is InChI=1S/C24H22ClN3O5/c1-3-11-33-21-16(25)12-14(13-19(21)32-2)20-18-9-6-10-27(18)24(22(20)28(30)31)15-7-4-5-8-17(15)26-23(24)29/h1,4-5,7-8,12-13,18,20,22H,6,9-11H2,2H3,(H,26,29)/t18-,20+,22-,24-/m0/s1. The van der Waals surface area contributed by atoms with Crippen molar-refractivity contribution in [3.05, 3.63) is 62.7 Å². The average Bonchev–Trinajstić information content (AvgIpc) is 3.45. The molecule has 170 valence electrons. The number of hydrogen-bond donors (Lipinski definition) is 1. The van der Waals surface area contributed by atoms with Gasteiger partial charge in [-0.2, -0.15) is 0 Å². The molecule has 0 unspecified atom stereocenters. The van der Waals surface area contributed by atoms with Gasteiger partial charge in [-0.25, -0.2) is 0 Å². The molecule has 0 radical (unpaired) electrons. The van der Waals surface area contributed by atoms with Crippen molar-refractivity contribution in [1.29, 1.82) is 0 Å². The maximum Gasteiger partial charge on any atom is 0.256 e. The van der Waals surface area contributed by atoms with E-state index in [-0.39, 0.29) is 28.5 Å². The van der Waals surface area contributed by atoms with E-state index >= 15 is 0 Å². The molecule has 2 fully saturated rings. The molecule has 2 aromatic rings. The maximum atomic E-state index is 13.5. The Hall–Kier alpha value is -3.28. The highest BCUT2D eigenvalue weighted by Gasteiger charge is 2.73. The number of nitrogens with one attached hydrogen (secondary N) is 1. The van der Waals surface area contributed by atoms with Crippen molar-refractivity contribution in [3.8, 4) is 23.8 Å². The number of nitrogens with zero attached hydrogens (tertiary/aromatic N) is 2. The lowest BCUT2D eigenvalue weighted by molar-refractivity contribution is -0.534. The van der Waals surface area contributed by atoms with Crippen molar-refractivity contribution < 1.29 is 19.2 Å². The minimum atomic E-state index is -1.38. The van der Waals surface area contributed by atoms with Crippen LogP contribution in [-0.4, -0.2) is 48.1 Å². The molecule has 2 saturated heterocycles. The predicted molar refractivity (Wildman–Crippen MR) is 122 cm³/mol. The summed E-state index contributed by atoms with van der Waals surface area (Å²) in [7, 11) is 1.47. The quantitative estimate of drug-likeness (QED) is 0.411. The second kappa shape index (κ2) is 7.94. The van der Waals surface area contributed by atoms with Crippen molar-refractivity contribution in [2.45, 2.75) is 36.4 Å². The fraction of sp³-hybridized carbons (Fsp3) is 0.375. The van der Waals surface area contributed by atoms with Gasteiger partial charge in [-0.3, -0.25) is 19.8 Å². The molecule has 8 nitrogen and oxygen atoms in total. The summed E-state index contributed by atoms with van der Waals surface area (Å²) in [6.45, 7) is 0.605. The first-order valence-electron chi connectivity index (χ1n) is 10.7. The van der Waals surface area contributed by atoms with E-state index in [4.69, 9.17) is 27.5 Å². The van der Waals surface area contributed by atoms with E-state index < -0.39 is 17.5 Å². The van der Waals surface area contributed by atoms with Gasteiger partial charge < -0.3 is 14.8 Å². The lowest BCUT2D eigenvalue weighted by atomic mass is 9.77. The highest BCUT2D eigenvalue weighted by molar-refractivity contribution is 6.32. The van der Waals surface area contributed by atoms with Crippen molar-refractivity contribution >= 4 is 23.2 Å². The third kappa shape index (κ3) is 2.93. The van der Waals surface area contributed by atoms with E-state index in [1.54, 1.807) is 18.2 Å².